The number of thioether (sulfide) groups is 1. The van der Waals surface area contributed by atoms with E-state index in [2.05, 4.69) is 52.5 Å². The third-order valence-corrected chi connectivity index (χ3v) is 22.1. The predicted molar refractivity (Wildman–Crippen MR) is 480 cm³/mol. The van der Waals surface area contributed by atoms with Gasteiger partial charge in [-0.1, -0.05) is 37.8 Å². The summed E-state index contributed by atoms with van der Waals surface area (Å²) in [5, 5.41) is 52.0. The Balaban J connectivity index is 0. The Morgan fingerprint density at radius 1 is 0.578 bits per heavy atom. The van der Waals surface area contributed by atoms with Crippen molar-refractivity contribution in [3.63, 3.8) is 0 Å². The van der Waals surface area contributed by atoms with Crippen molar-refractivity contribution in [2.24, 2.45) is 22.4 Å². The SMILES string of the molecule is CCO.CSC(=N)c1cccs1.Cl.Cl.Cl.ClCCN1CCCCC1.I.NC(=Nc1ccc2c(c1)CCC(=O)N2CCN1CCCCC1)c1cccs1.NN.Nc1ccc2c(c1)CCC(=O)N2CCN1CCCCC1.O=C1CCc2cc([N+](=O)[O-])ccc2N1.O=C1CCc2cc([N+](=O)[O-])ccc2N1CCN1CCCCC1.O=CO[O-].[H-].[K+].[K+]. The second-order valence-electron chi connectivity index (χ2n) is 26.8. The number of nitrogen functional groups attached to an aromatic ring is 1. The first-order valence-electron chi connectivity index (χ1n) is 37.8. The number of halogens is 5. The fourth-order valence-corrected chi connectivity index (χ4v) is 15.9. The van der Waals surface area contributed by atoms with Crippen LogP contribution in [0.4, 0.5) is 45.5 Å². The molecule has 0 unspecified atom stereocenters. The monoisotopic (exact) mass is 1910 g/mol. The minimum atomic E-state index is -0.434. The number of hydrogen-bond acceptors (Lipinski definition) is 24. The van der Waals surface area contributed by atoms with Crippen LogP contribution in [0.25, 0.3) is 0 Å². The van der Waals surface area contributed by atoms with Gasteiger partial charge in [-0.25, -0.2) is 4.99 Å². The molecule has 8 aliphatic rings. The Kier molecular flexibility index (Phi) is 62.5. The number of nitrogens with one attached hydrogen (secondary N) is 2. The zero-order chi connectivity index (χ0) is 79.6. The number of thiophene rings is 2. The van der Waals surface area contributed by atoms with E-state index in [0.717, 1.165) is 133 Å². The van der Waals surface area contributed by atoms with Gasteiger partial charge in [-0.3, -0.25) is 61.3 Å². The van der Waals surface area contributed by atoms with Gasteiger partial charge in [-0.05, 0) is 236 Å². The normalized spacial score (nSPS) is 16.0. The Labute approximate surface area is 822 Å². The molecule has 0 aliphatic carbocycles. The summed E-state index contributed by atoms with van der Waals surface area (Å²) < 4.78 is 0. The average Bonchev–Trinajstić information content (AvgIpc) is 1.11. The minimum absolute atomic E-state index is 0. The summed E-state index contributed by atoms with van der Waals surface area (Å²) in [7, 11) is 0. The van der Waals surface area contributed by atoms with Crippen molar-refractivity contribution in [1.29, 1.82) is 5.41 Å². The van der Waals surface area contributed by atoms with Crippen LogP contribution >= 0.6 is 107 Å². The van der Waals surface area contributed by atoms with Crippen LogP contribution in [0.5, 0.6) is 0 Å². The molecule has 6 aromatic rings. The number of non-ortho nitro benzene ring substituents is 2. The number of aliphatic hydroxyl groups excluding tert-OH is 1. The number of nitrogens with two attached hydrogens (primary N) is 4. The Morgan fingerprint density at radius 3 is 1.33 bits per heavy atom. The first-order valence-corrected chi connectivity index (χ1v) is 41.3. The summed E-state index contributed by atoms with van der Waals surface area (Å²) >= 11 is 10.3. The maximum atomic E-state index is 12.5. The number of carbonyl (C=O) groups excluding carboxylic acids is 5. The number of hydrogen-bond donors (Lipinski definition) is 7. The molecule has 0 spiro atoms. The van der Waals surface area contributed by atoms with Crippen LogP contribution in [0.2, 0.25) is 0 Å². The van der Waals surface area contributed by atoms with E-state index >= 15 is 0 Å². The standard InChI is InChI=1S/C21H26N4OS.C16H21N3O3.C16H23N3O.C9H8N2O3.C7H14ClN.C6H7NS2.C2H6O.CH2O3.3ClH.HI.2K.H4N2.H/c22-21(19-5-4-14-27-19)23-17-7-8-18-16(15-17)6-9-20(26)25(18)13-12-24-10-2-1-3-11-24;20-16-7-4-13-12-14(19(21)22)5-6-15(13)18(16)11-10-17-8-2-1-3-9-17;17-14-5-6-15-13(12-14)4-7-16(20)19(15)11-10-18-8-2-1-3-9-18;12-9-4-1-6-5-7(11(13)14)2-3-8(6)10-9;8-4-7-9-5-2-1-3-6-9;1-8-6(7)5-3-2-4-9-5;1-2-3;2-1-4-3;;;;;;;1-2;/h4-5,7-8,14-15H,1-3,6,9-13H2,(H2,22,23);5-6,12H,1-4,7-11H2;5-6,12H,1-4,7-11,17H2;2-3,5H,1,4H2,(H,10,12);1-7H2;2-4,7H,1H3;3H,2H2,1H3;1,3H;4*1H;;;1-2H2;/q;;;;;;;;;;;;2*+1;;-1/p-1. The van der Waals surface area contributed by atoms with Gasteiger partial charge in [0.25, 0.3) is 17.8 Å². The second kappa shape index (κ2) is 64.4. The van der Waals surface area contributed by atoms with Crippen molar-refractivity contribution >= 4 is 194 Å². The van der Waals surface area contributed by atoms with Crippen molar-refractivity contribution < 1.29 is 153 Å². The van der Waals surface area contributed by atoms with Gasteiger partial charge >= 0.3 is 103 Å². The molecule has 11 N–H and O–H groups in total. The zero-order valence-corrected chi connectivity index (χ0v) is 81.3. The fourth-order valence-electron chi connectivity index (χ4n) is 13.8. The summed E-state index contributed by atoms with van der Waals surface area (Å²) in [6.07, 6.45) is 22.4. The number of fused-ring (bicyclic) bond motifs is 4. The van der Waals surface area contributed by atoms with Crippen LogP contribution in [0.1, 0.15) is 143 Å². The van der Waals surface area contributed by atoms with Gasteiger partial charge in [0.15, 0.2) is 0 Å². The number of aliphatic imine (C=N–C) groups is 1. The number of amidine groups is 1. The summed E-state index contributed by atoms with van der Waals surface area (Å²) in [6.45, 7) is 17.3. The topological polar surface area (TPSA) is 399 Å². The average molecular weight is 1910 g/mol. The number of amides is 4. The molecule has 0 atom stereocenters. The van der Waals surface area contributed by atoms with Crippen LogP contribution in [-0.4, -0.2) is 192 Å². The molecule has 4 fully saturated rings. The number of aliphatic hydroxyl groups is 1. The molecule has 4 aromatic carbocycles. The second-order valence-corrected chi connectivity index (χ2v) is 29.9. The van der Waals surface area contributed by atoms with E-state index in [9.17, 15) is 39.4 Å². The molecule has 2 aromatic heterocycles. The smallest absolute Gasteiger partial charge is 1.00 e. The summed E-state index contributed by atoms with van der Waals surface area (Å²) in [6, 6.07) is 29.1. The molecule has 0 saturated carbocycles. The van der Waals surface area contributed by atoms with Crippen LogP contribution in [0.3, 0.4) is 0 Å². The number of carbonyl (C=O) groups is 5. The molecule has 38 heteroatoms. The molecule has 634 valence electrons. The Hall–Kier alpha value is -3.44. The van der Waals surface area contributed by atoms with Gasteiger partial charge in [0, 0.05) is 137 Å². The number of nitrogens with zero attached hydrogens (tertiary/aromatic N) is 10. The number of nitro groups is 2. The van der Waals surface area contributed by atoms with E-state index in [-0.39, 0.29) is 218 Å². The molecule has 4 amide bonds. The molecule has 0 radical (unpaired) electrons. The van der Waals surface area contributed by atoms with Crippen LogP contribution in [-0.2, 0) is 54.5 Å². The van der Waals surface area contributed by atoms with Crippen LogP contribution < -0.4 is 151 Å². The number of anilines is 5. The predicted octanol–water partition coefficient (Wildman–Crippen LogP) is 6.83. The molecule has 4 saturated heterocycles. The van der Waals surface area contributed by atoms with Crippen molar-refractivity contribution in [2.75, 3.05) is 143 Å². The summed E-state index contributed by atoms with van der Waals surface area (Å²) in [5.74, 6) is 9.90. The van der Waals surface area contributed by atoms with Gasteiger partial charge in [-0.15, -0.1) is 107 Å². The molecule has 28 nitrogen and oxygen atoms in total. The molecule has 10 heterocycles. The third kappa shape index (κ3) is 39.4. The molecule has 8 aliphatic heterocycles. The zero-order valence-electron chi connectivity index (χ0n) is 68.1. The third-order valence-electron chi connectivity index (χ3n) is 19.4. The number of hydrazine groups is 1. The number of benzene rings is 4. The Morgan fingerprint density at radius 2 is 0.940 bits per heavy atom. The summed E-state index contributed by atoms with van der Waals surface area (Å²) in [4.78, 5) is 102. The molecular weight excluding hydrogens is 1800 g/mol. The number of rotatable bonds is 17. The number of aryl methyl sites for hydroxylation is 4. The summed E-state index contributed by atoms with van der Waals surface area (Å²) in [5.41, 5.74) is 21.5. The van der Waals surface area contributed by atoms with Gasteiger partial charge < -0.3 is 67.8 Å². The maximum Gasteiger partial charge on any atom is 1.00 e. The number of likely N-dealkylation sites (tertiary alicyclic amines) is 4. The van der Waals surface area contributed by atoms with Gasteiger partial charge in [0.2, 0.25) is 23.6 Å². The van der Waals surface area contributed by atoms with Crippen LogP contribution in [0.15, 0.2) is 113 Å². The van der Waals surface area contributed by atoms with Crippen molar-refractivity contribution in [1.82, 2.24) is 19.6 Å². The van der Waals surface area contributed by atoms with Gasteiger partial charge in [0.05, 0.1) is 25.3 Å². The first-order chi connectivity index (χ1) is 53.4. The van der Waals surface area contributed by atoms with Crippen molar-refractivity contribution in [2.45, 2.75) is 135 Å². The van der Waals surface area contributed by atoms with Crippen molar-refractivity contribution in [3.05, 3.63) is 160 Å². The van der Waals surface area contributed by atoms with Crippen molar-refractivity contribution in [3.8, 4) is 0 Å². The van der Waals surface area contributed by atoms with E-state index in [1.54, 1.807) is 52.7 Å². The first kappa shape index (κ1) is 113. The maximum absolute atomic E-state index is 12.5. The van der Waals surface area contributed by atoms with E-state index in [4.69, 9.17) is 43.6 Å². The van der Waals surface area contributed by atoms with E-state index in [1.165, 1.54) is 144 Å². The number of nitro benzene ring substituents is 2. The molecular formula is C78H115Cl4IK2N16O12S3. The quantitative estimate of drug-likeness (QED) is 0.00420. The van der Waals surface area contributed by atoms with Gasteiger partial charge in [0.1, 0.15) is 10.9 Å². The largest absolute Gasteiger partial charge is 1.00 e. The van der Waals surface area contributed by atoms with Crippen LogP contribution in [0, 0.1) is 25.6 Å². The molecule has 14 rings (SSSR count). The minimum Gasteiger partial charge on any atom is -1.00 e. The fraction of sp³-hybridized carbons (Fsp3) is 0.500. The number of piperidine rings is 4. The Bertz CT molecular complexity index is 3900. The van der Waals surface area contributed by atoms with Gasteiger partial charge in [-0.2, -0.15) is 0 Å². The van der Waals surface area contributed by atoms with E-state index < -0.39 is 4.92 Å². The number of alkyl halides is 1. The molecule has 0 bridgehead atoms. The van der Waals surface area contributed by atoms with E-state index in [1.807, 2.05) is 81.4 Å². The molecule has 116 heavy (non-hydrogen) atoms. The van der Waals surface area contributed by atoms with E-state index in [0.29, 0.717) is 61.6 Å².